The number of aliphatic hydroxyl groups is 1. The van der Waals surface area contributed by atoms with Crippen LogP contribution in [0.2, 0.25) is 10.0 Å². The molecule has 3 nitrogen and oxygen atoms in total. The lowest BCUT2D eigenvalue weighted by molar-refractivity contribution is -0.129. The van der Waals surface area contributed by atoms with Gasteiger partial charge in [-0.25, -0.2) is 0 Å². The number of benzene rings is 1. The zero-order chi connectivity index (χ0) is 14.0. The smallest absolute Gasteiger partial charge is 0.235 e. The third-order valence-electron chi connectivity index (χ3n) is 3.02. The second-order valence-electron chi connectivity index (χ2n) is 4.56. The van der Waals surface area contributed by atoms with Crippen molar-refractivity contribution < 1.29 is 9.90 Å². The predicted molar refractivity (Wildman–Crippen MR) is 79.0 cm³/mol. The third kappa shape index (κ3) is 3.78. The van der Waals surface area contributed by atoms with E-state index in [1.54, 1.807) is 23.1 Å². The van der Waals surface area contributed by atoms with E-state index in [1.807, 2.05) is 6.92 Å². The fourth-order valence-corrected chi connectivity index (χ4v) is 3.50. The van der Waals surface area contributed by atoms with E-state index in [0.29, 0.717) is 29.6 Å². The van der Waals surface area contributed by atoms with Crippen molar-refractivity contribution in [1.82, 2.24) is 4.90 Å². The number of carbonyl (C=O) groups is 1. The second-order valence-corrected chi connectivity index (χ2v) is 6.79. The monoisotopic (exact) mass is 319 g/mol. The summed E-state index contributed by atoms with van der Waals surface area (Å²) in [7, 11) is 0. The third-order valence-corrected chi connectivity index (χ3v) is 4.84. The van der Waals surface area contributed by atoms with Crippen molar-refractivity contribution in [2.24, 2.45) is 0 Å². The average molecular weight is 320 g/mol. The van der Waals surface area contributed by atoms with E-state index in [0.717, 1.165) is 4.90 Å². The van der Waals surface area contributed by atoms with Crippen LogP contribution in [0, 0.1) is 0 Å². The van der Waals surface area contributed by atoms with Crippen LogP contribution in [0.3, 0.4) is 0 Å². The molecule has 2 rings (SSSR count). The van der Waals surface area contributed by atoms with Crippen LogP contribution < -0.4 is 0 Å². The van der Waals surface area contributed by atoms with Crippen molar-refractivity contribution in [2.45, 2.75) is 29.6 Å². The van der Waals surface area contributed by atoms with Gasteiger partial charge in [0.05, 0.1) is 16.4 Å². The van der Waals surface area contributed by atoms with Crippen LogP contribution in [0.25, 0.3) is 0 Å². The van der Waals surface area contributed by atoms with Crippen LogP contribution in [0.15, 0.2) is 23.1 Å². The van der Waals surface area contributed by atoms with Gasteiger partial charge in [0, 0.05) is 23.0 Å². The number of halogens is 2. The highest BCUT2D eigenvalue weighted by Gasteiger charge is 2.28. The SMILES string of the molecule is CC(Sc1cc(Cl)ccc1Cl)C(=O)N1CC[C@H](O)C1. The van der Waals surface area contributed by atoms with Gasteiger partial charge in [0.15, 0.2) is 0 Å². The van der Waals surface area contributed by atoms with Crippen LogP contribution in [0.5, 0.6) is 0 Å². The molecule has 0 aromatic heterocycles. The minimum absolute atomic E-state index is 0.0255. The molecule has 1 aromatic carbocycles. The van der Waals surface area contributed by atoms with Gasteiger partial charge in [-0.3, -0.25) is 4.79 Å². The van der Waals surface area contributed by atoms with Crippen LogP contribution in [-0.2, 0) is 4.79 Å². The molecule has 1 amide bonds. The van der Waals surface area contributed by atoms with E-state index in [-0.39, 0.29) is 11.2 Å². The Hall–Kier alpha value is -0.420. The number of nitrogens with zero attached hydrogens (tertiary/aromatic N) is 1. The Morgan fingerprint density at radius 3 is 2.89 bits per heavy atom. The summed E-state index contributed by atoms with van der Waals surface area (Å²) in [6.07, 6.45) is 0.261. The normalized spacial score (nSPS) is 20.6. The molecular formula is C13H15Cl2NO2S. The van der Waals surface area contributed by atoms with E-state index in [4.69, 9.17) is 23.2 Å². The van der Waals surface area contributed by atoms with Crippen molar-refractivity contribution in [3.8, 4) is 0 Å². The van der Waals surface area contributed by atoms with Crippen molar-refractivity contribution in [3.05, 3.63) is 28.2 Å². The summed E-state index contributed by atoms with van der Waals surface area (Å²) >= 11 is 13.4. The molecule has 6 heteroatoms. The zero-order valence-electron chi connectivity index (χ0n) is 10.5. The Morgan fingerprint density at radius 2 is 2.26 bits per heavy atom. The number of likely N-dealkylation sites (tertiary alicyclic amines) is 1. The molecule has 1 saturated heterocycles. The number of hydrogen-bond donors (Lipinski definition) is 1. The molecule has 1 aromatic rings. The minimum atomic E-state index is -0.393. The number of rotatable bonds is 3. The molecule has 19 heavy (non-hydrogen) atoms. The summed E-state index contributed by atoms with van der Waals surface area (Å²) in [6, 6.07) is 5.21. The van der Waals surface area contributed by atoms with Gasteiger partial charge >= 0.3 is 0 Å². The second kappa shape index (κ2) is 6.35. The van der Waals surface area contributed by atoms with Gasteiger partial charge in [0.2, 0.25) is 5.91 Å². The van der Waals surface area contributed by atoms with E-state index >= 15 is 0 Å². The number of amides is 1. The van der Waals surface area contributed by atoms with Gasteiger partial charge in [0.1, 0.15) is 0 Å². The molecule has 2 atom stereocenters. The van der Waals surface area contributed by atoms with E-state index in [9.17, 15) is 9.90 Å². The molecule has 0 spiro atoms. The van der Waals surface area contributed by atoms with Gasteiger partial charge in [-0.05, 0) is 31.5 Å². The summed E-state index contributed by atoms with van der Waals surface area (Å²) in [5.41, 5.74) is 0. The molecule has 1 aliphatic rings. The molecule has 104 valence electrons. The molecule has 0 aliphatic carbocycles. The van der Waals surface area contributed by atoms with E-state index in [1.165, 1.54) is 11.8 Å². The number of β-amino-alcohol motifs (C(OH)–C–C–N with tert-alkyl or cyclic N) is 1. The maximum Gasteiger partial charge on any atom is 0.235 e. The standard InChI is InChI=1S/C13H15Cl2NO2S/c1-8(13(18)16-5-4-10(17)7-16)19-12-6-9(14)2-3-11(12)15/h2-3,6,8,10,17H,4-5,7H2,1H3/t8?,10-/m0/s1. The largest absolute Gasteiger partial charge is 0.391 e. The summed E-state index contributed by atoms with van der Waals surface area (Å²) < 4.78 is 0. The number of thioether (sulfide) groups is 1. The van der Waals surface area contributed by atoms with Crippen LogP contribution in [0.4, 0.5) is 0 Å². The minimum Gasteiger partial charge on any atom is -0.391 e. The van der Waals surface area contributed by atoms with Crippen molar-refractivity contribution >= 4 is 40.9 Å². The Labute approximate surface area is 126 Å². The first-order valence-corrected chi connectivity index (χ1v) is 7.69. The molecule has 1 heterocycles. The first-order valence-electron chi connectivity index (χ1n) is 6.06. The molecule has 1 fully saturated rings. The lowest BCUT2D eigenvalue weighted by Gasteiger charge is -2.20. The zero-order valence-corrected chi connectivity index (χ0v) is 12.8. The maximum atomic E-state index is 12.2. The summed E-state index contributed by atoms with van der Waals surface area (Å²) in [4.78, 5) is 14.7. The van der Waals surface area contributed by atoms with Crippen LogP contribution in [0.1, 0.15) is 13.3 Å². The van der Waals surface area contributed by atoms with Gasteiger partial charge in [-0.15, -0.1) is 11.8 Å². The molecule has 0 radical (unpaired) electrons. The Kier molecular flexibility index (Phi) is 5.01. The van der Waals surface area contributed by atoms with Gasteiger partial charge in [-0.2, -0.15) is 0 Å². The van der Waals surface area contributed by atoms with Crippen LogP contribution >= 0.6 is 35.0 Å². The molecule has 1 N–H and O–H groups in total. The fraction of sp³-hybridized carbons (Fsp3) is 0.462. The van der Waals surface area contributed by atoms with Crippen molar-refractivity contribution in [2.75, 3.05) is 13.1 Å². The van der Waals surface area contributed by atoms with Gasteiger partial charge in [0.25, 0.3) is 0 Å². The fourth-order valence-electron chi connectivity index (χ4n) is 2.01. The highest BCUT2D eigenvalue weighted by atomic mass is 35.5. The van der Waals surface area contributed by atoms with E-state index < -0.39 is 6.10 Å². The maximum absolute atomic E-state index is 12.2. The topological polar surface area (TPSA) is 40.5 Å². The first kappa shape index (κ1) is 15.0. The van der Waals surface area contributed by atoms with E-state index in [2.05, 4.69) is 0 Å². The summed E-state index contributed by atoms with van der Waals surface area (Å²) in [5.74, 6) is 0.0255. The molecule has 0 bridgehead atoms. The first-order chi connectivity index (χ1) is 8.97. The Morgan fingerprint density at radius 1 is 1.53 bits per heavy atom. The number of hydrogen-bond acceptors (Lipinski definition) is 3. The number of aliphatic hydroxyl groups excluding tert-OH is 1. The average Bonchev–Trinajstić information content (AvgIpc) is 2.79. The summed E-state index contributed by atoms with van der Waals surface area (Å²) in [6.45, 7) is 2.89. The Bertz CT molecular complexity index is 484. The number of carbonyl (C=O) groups excluding carboxylic acids is 1. The highest BCUT2D eigenvalue weighted by molar-refractivity contribution is 8.00. The van der Waals surface area contributed by atoms with Crippen molar-refractivity contribution in [1.29, 1.82) is 0 Å². The molecule has 1 aliphatic heterocycles. The molecule has 1 unspecified atom stereocenters. The quantitative estimate of drug-likeness (QED) is 0.870. The highest BCUT2D eigenvalue weighted by Crippen LogP contribution is 2.33. The van der Waals surface area contributed by atoms with Crippen LogP contribution in [-0.4, -0.2) is 40.4 Å². The van der Waals surface area contributed by atoms with Crippen molar-refractivity contribution in [3.63, 3.8) is 0 Å². The van der Waals surface area contributed by atoms with Gasteiger partial charge < -0.3 is 10.0 Å². The Balaban J connectivity index is 2.02. The predicted octanol–water partition coefficient (Wildman–Crippen LogP) is 3.07. The molecule has 0 saturated carbocycles. The van der Waals surface area contributed by atoms with Gasteiger partial charge in [-0.1, -0.05) is 23.2 Å². The summed E-state index contributed by atoms with van der Waals surface area (Å²) in [5, 5.41) is 10.4. The lowest BCUT2D eigenvalue weighted by Crippen LogP contribution is -2.35. The lowest BCUT2D eigenvalue weighted by atomic mass is 10.3. The molecular weight excluding hydrogens is 305 g/mol.